The van der Waals surface area contributed by atoms with E-state index in [1.165, 1.54) is 0 Å². The lowest BCUT2D eigenvalue weighted by molar-refractivity contribution is -0.139. The van der Waals surface area contributed by atoms with Crippen LogP contribution in [0, 0.1) is 19.8 Å². The monoisotopic (exact) mass is 441 g/mol. The van der Waals surface area contributed by atoms with Crippen LogP contribution in [0.1, 0.15) is 53.6 Å². The number of benzene rings is 1. The third kappa shape index (κ3) is 4.53. The van der Waals surface area contributed by atoms with Crippen molar-refractivity contribution in [2.45, 2.75) is 51.6 Å². The molecule has 32 heavy (non-hydrogen) atoms. The second-order valence-electron chi connectivity index (χ2n) is 10.1. The first kappa shape index (κ1) is 22.8. The molecule has 0 saturated carbocycles. The molecule has 3 aliphatic rings. The number of hydrogen-bond acceptors (Lipinski definition) is 5. The predicted molar refractivity (Wildman–Crippen MR) is 122 cm³/mol. The summed E-state index contributed by atoms with van der Waals surface area (Å²) in [5.74, 6) is 0.721. The standard InChI is InChI=1S/C25H35N3O4/c1-17-12-18(2)23-20(29)15-25(32-21(23)13-17)6-10-27(11-7-25)24(31)19-14-22(30)28(16-19)9-5-8-26(3)4/h12-13,19H,5-11,14-16H2,1-4H3. The normalized spacial score (nSPS) is 22.5. The summed E-state index contributed by atoms with van der Waals surface area (Å²) in [5.41, 5.74) is 2.23. The van der Waals surface area contributed by atoms with E-state index in [2.05, 4.69) is 4.90 Å². The van der Waals surface area contributed by atoms with Crippen molar-refractivity contribution in [2.75, 3.05) is 46.8 Å². The van der Waals surface area contributed by atoms with E-state index in [1.54, 1.807) is 0 Å². The van der Waals surface area contributed by atoms with E-state index in [-0.39, 0.29) is 23.5 Å². The van der Waals surface area contributed by atoms with Crippen molar-refractivity contribution >= 4 is 17.6 Å². The first-order chi connectivity index (χ1) is 15.2. The number of carbonyl (C=O) groups is 3. The highest BCUT2D eigenvalue weighted by Gasteiger charge is 2.45. The van der Waals surface area contributed by atoms with Crippen LogP contribution in [0.2, 0.25) is 0 Å². The minimum Gasteiger partial charge on any atom is -0.486 e. The van der Waals surface area contributed by atoms with Crippen LogP contribution in [-0.4, -0.2) is 84.7 Å². The van der Waals surface area contributed by atoms with Crippen molar-refractivity contribution in [1.29, 1.82) is 0 Å². The maximum absolute atomic E-state index is 13.1. The SMILES string of the molecule is Cc1cc(C)c2c(c1)OC1(CCN(C(=O)C3CC(=O)N(CCCN(C)C)C3)CC1)CC2=O. The molecule has 2 fully saturated rings. The molecule has 2 saturated heterocycles. The highest BCUT2D eigenvalue weighted by Crippen LogP contribution is 2.41. The van der Waals surface area contributed by atoms with Crippen molar-refractivity contribution < 1.29 is 19.1 Å². The highest BCUT2D eigenvalue weighted by atomic mass is 16.5. The molecule has 0 bridgehead atoms. The molecule has 1 spiro atoms. The Morgan fingerprint density at radius 2 is 1.91 bits per heavy atom. The fraction of sp³-hybridized carbons (Fsp3) is 0.640. The summed E-state index contributed by atoms with van der Waals surface area (Å²) in [6, 6.07) is 3.97. The van der Waals surface area contributed by atoms with Gasteiger partial charge in [0.05, 0.1) is 17.9 Å². The van der Waals surface area contributed by atoms with Gasteiger partial charge in [-0.2, -0.15) is 0 Å². The van der Waals surface area contributed by atoms with Gasteiger partial charge in [-0.05, 0) is 58.1 Å². The van der Waals surface area contributed by atoms with Crippen LogP contribution in [0.3, 0.4) is 0 Å². The molecule has 174 valence electrons. The number of fused-ring (bicyclic) bond motifs is 1. The minimum atomic E-state index is -0.523. The molecule has 7 heteroatoms. The van der Waals surface area contributed by atoms with Crippen LogP contribution in [0.25, 0.3) is 0 Å². The molecule has 7 nitrogen and oxygen atoms in total. The lowest BCUT2D eigenvalue weighted by atomic mass is 9.81. The van der Waals surface area contributed by atoms with Crippen LogP contribution in [0.15, 0.2) is 12.1 Å². The Bertz CT molecular complexity index is 918. The van der Waals surface area contributed by atoms with Gasteiger partial charge in [0.15, 0.2) is 5.78 Å². The maximum Gasteiger partial charge on any atom is 0.227 e. The molecular weight excluding hydrogens is 406 g/mol. The van der Waals surface area contributed by atoms with E-state index >= 15 is 0 Å². The average molecular weight is 442 g/mol. The van der Waals surface area contributed by atoms with Gasteiger partial charge in [-0.15, -0.1) is 0 Å². The third-order valence-corrected chi connectivity index (χ3v) is 7.12. The van der Waals surface area contributed by atoms with E-state index < -0.39 is 5.60 Å². The molecule has 1 aromatic carbocycles. The van der Waals surface area contributed by atoms with Crippen LogP contribution in [0.5, 0.6) is 5.75 Å². The number of likely N-dealkylation sites (tertiary alicyclic amines) is 2. The Hall–Kier alpha value is -2.41. The molecule has 2 amide bonds. The number of ketones is 1. The van der Waals surface area contributed by atoms with Gasteiger partial charge in [-0.1, -0.05) is 6.07 Å². The van der Waals surface area contributed by atoms with Crippen molar-refractivity contribution in [2.24, 2.45) is 5.92 Å². The fourth-order valence-electron chi connectivity index (χ4n) is 5.42. The molecule has 4 rings (SSSR count). The molecule has 3 aliphatic heterocycles. The number of carbonyl (C=O) groups excluding carboxylic acids is 3. The predicted octanol–water partition coefficient (Wildman–Crippen LogP) is 2.43. The number of Topliss-reactive ketones (excluding diaryl/α,β-unsaturated/α-hetero) is 1. The first-order valence-electron chi connectivity index (χ1n) is 11.7. The quantitative estimate of drug-likeness (QED) is 0.702. The van der Waals surface area contributed by atoms with E-state index in [1.807, 2.05) is 49.9 Å². The smallest absolute Gasteiger partial charge is 0.227 e. The maximum atomic E-state index is 13.1. The third-order valence-electron chi connectivity index (χ3n) is 7.12. The second kappa shape index (κ2) is 8.85. The van der Waals surface area contributed by atoms with Crippen molar-refractivity contribution in [1.82, 2.24) is 14.7 Å². The van der Waals surface area contributed by atoms with Gasteiger partial charge < -0.3 is 19.4 Å². The molecule has 1 atom stereocenters. The molecule has 0 radical (unpaired) electrons. The first-order valence-corrected chi connectivity index (χ1v) is 11.7. The number of nitrogens with zero attached hydrogens (tertiary/aromatic N) is 3. The second-order valence-corrected chi connectivity index (χ2v) is 10.1. The Morgan fingerprint density at radius 3 is 2.59 bits per heavy atom. The Morgan fingerprint density at radius 1 is 1.19 bits per heavy atom. The summed E-state index contributed by atoms with van der Waals surface area (Å²) in [4.78, 5) is 44.2. The van der Waals surface area contributed by atoms with E-state index in [0.29, 0.717) is 63.2 Å². The Labute approximate surface area is 190 Å². The number of amides is 2. The number of rotatable bonds is 5. The van der Waals surface area contributed by atoms with Gasteiger partial charge in [0.25, 0.3) is 0 Å². The molecule has 0 N–H and O–H groups in total. The number of piperidine rings is 1. The topological polar surface area (TPSA) is 70.2 Å². The molecule has 3 heterocycles. The summed E-state index contributed by atoms with van der Waals surface area (Å²) < 4.78 is 6.42. The molecule has 0 aromatic heterocycles. The minimum absolute atomic E-state index is 0.0672. The summed E-state index contributed by atoms with van der Waals surface area (Å²) in [6.45, 7) is 7.26. The van der Waals surface area contributed by atoms with Gasteiger partial charge >= 0.3 is 0 Å². The lowest BCUT2D eigenvalue weighted by Crippen LogP contribution is -2.53. The van der Waals surface area contributed by atoms with E-state index in [9.17, 15) is 14.4 Å². The number of ether oxygens (including phenoxy) is 1. The fourth-order valence-corrected chi connectivity index (χ4v) is 5.42. The highest BCUT2D eigenvalue weighted by molar-refractivity contribution is 6.01. The molecule has 1 unspecified atom stereocenters. The van der Waals surface area contributed by atoms with Crippen LogP contribution < -0.4 is 4.74 Å². The average Bonchev–Trinajstić information content (AvgIpc) is 3.07. The number of aryl methyl sites for hydroxylation is 2. The largest absolute Gasteiger partial charge is 0.486 e. The van der Waals surface area contributed by atoms with Gasteiger partial charge in [-0.25, -0.2) is 0 Å². The summed E-state index contributed by atoms with van der Waals surface area (Å²) in [6.07, 6.45) is 2.88. The van der Waals surface area contributed by atoms with E-state index in [4.69, 9.17) is 4.74 Å². The zero-order valence-electron chi connectivity index (χ0n) is 19.8. The van der Waals surface area contributed by atoms with Crippen molar-refractivity contribution in [3.8, 4) is 5.75 Å². The van der Waals surface area contributed by atoms with Crippen LogP contribution in [0.4, 0.5) is 0 Å². The van der Waals surface area contributed by atoms with Crippen LogP contribution in [-0.2, 0) is 9.59 Å². The van der Waals surface area contributed by atoms with E-state index in [0.717, 1.165) is 24.1 Å². The lowest BCUT2D eigenvalue weighted by Gasteiger charge is -2.44. The number of hydrogen-bond donors (Lipinski definition) is 0. The van der Waals surface area contributed by atoms with Gasteiger partial charge in [0, 0.05) is 45.4 Å². The van der Waals surface area contributed by atoms with Crippen LogP contribution >= 0.6 is 0 Å². The Balaban J connectivity index is 1.35. The van der Waals surface area contributed by atoms with Crippen molar-refractivity contribution in [3.05, 3.63) is 28.8 Å². The van der Waals surface area contributed by atoms with Gasteiger partial charge in [-0.3, -0.25) is 14.4 Å². The summed E-state index contributed by atoms with van der Waals surface area (Å²) in [5, 5.41) is 0. The molecule has 1 aromatic rings. The van der Waals surface area contributed by atoms with Crippen molar-refractivity contribution in [3.63, 3.8) is 0 Å². The summed E-state index contributed by atoms with van der Waals surface area (Å²) >= 11 is 0. The molecular formula is C25H35N3O4. The van der Waals surface area contributed by atoms with Gasteiger partial charge in [0.1, 0.15) is 11.4 Å². The Kier molecular flexibility index (Phi) is 6.30. The zero-order chi connectivity index (χ0) is 23.0. The summed E-state index contributed by atoms with van der Waals surface area (Å²) in [7, 11) is 4.04. The zero-order valence-corrected chi connectivity index (χ0v) is 19.8. The molecule has 0 aliphatic carbocycles. The van der Waals surface area contributed by atoms with Gasteiger partial charge in [0.2, 0.25) is 11.8 Å².